The number of rotatable bonds is 5. The van der Waals surface area contributed by atoms with Crippen molar-refractivity contribution in [2.45, 2.75) is 19.5 Å². The minimum atomic E-state index is -0.355. The first-order chi connectivity index (χ1) is 17.6. The molecule has 0 unspecified atom stereocenters. The van der Waals surface area contributed by atoms with E-state index in [-0.39, 0.29) is 24.6 Å². The number of hydrogen-bond donors (Lipinski definition) is 1. The molecule has 0 atom stereocenters. The minimum absolute atomic E-state index is 0. The average Bonchev–Trinajstić information content (AvgIpc) is 3.22. The van der Waals surface area contributed by atoms with Gasteiger partial charge in [-0.2, -0.15) is 5.10 Å². The van der Waals surface area contributed by atoms with Gasteiger partial charge in [-0.05, 0) is 51.6 Å². The Morgan fingerprint density at radius 2 is 1.76 bits per heavy atom. The smallest absolute Gasteiger partial charge is 0.343 e. The van der Waals surface area contributed by atoms with Gasteiger partial charge in [-0.25, -0.2) is 19.4 Å². The summed E-state index contributed by atoms with van der Waals surface area (Å²) in [5.41, 5.74) is 9.77. The maximum atomic E-state index is 12.9. The first-order valence-electron chi connectivity index (χ1n) is 11.7. The molecule has 0 saturated heterocycles. The van der Waals surface area contributed by atoms with Gasteiger partial charge in [-0.15, -0.1) is 12.4 Å². The lowest BCUT2D eigenvalue weighted by Gasteiger charge is -2.27. The van der Waals surface area contributed by atoms with Crippen LogP contribution < -0.4 is 11.4 Å². The van der Waals surface area contributed by atoms with E-state index < -0.39 is 0 Å². The molecule has 0 radical (unpaired) electrons. The van der Waals surface area contributed by atoms with Crippen molar-refractivity contribution in [3.8, 4) is 0 Å². The fourth-order valence-electron chi connectivity index (χ4n) is 4.87. The molecule has 0 bridgehead atoms. The monoisotopic (exact) mass is 626 g/mol. The number of nitrogens with two attached hydrogens (primary N) is 1. The number of nitrogens with zero attached hydrogens (tertiary/aromatic N) is 5. The molecule has 2 aromatic carbocycles. The molecule has 0 saturated carbocycles. The van der Waals surface area contributed by atoms with Crippen molar-refractivity contribution in [3.63, 3.8) is 0 Å². The Morgan fingerprint density at radius 1 is 1.00 bits per heavy atom. The molecule has 2 N–H and O–H groups in total. The predicted octanol–water partition coefficient (Wildman–Crippen LogP) is 4.88. The summed E-state index contributed by atoms with van der Waals surface area (Å²) in [4.78, 5) is 23.8. The van der Waals surface area contributed by atoms with E-state index in [2.05, 4.69) is 72.9 Å². The molecule has 6 rings (SSSR count). The van der Waals surface area contributed by atoms with Gasteiger partial charge in [0, 0.05) is 25.2 Å². The van der Waals surface area contributed by atoms with Gasteiger partial charge < -0.3 is 10.2 Å². The van der Waals surface area contributed by atoms with Crippen molar-refractivity contribution < 1.29 is 4.42 Å². The van der Waals surface area contributed by atoms with Gasteiger partial charge in [-0.1, -0.05) is 54.6 Å². The van der Waals surface area contributed by atoms with Crippen LogP contribution in [0.3, 0.4) is 0 Å². The zero-order valence-electron chi connectivity index (χ0n) is 19.8. The second-order valence-electron chi connectivity index (χ2n) is 8.84. The highest BCUT2D eigenvalue weighted by Gasteiger charge is 2.23. The van der Waals surface area contributed by atoms with Crippen molar-refractivity contribution in [2.75, 3.05) is 18.8 Å². The number of halogens is 2. The molecule has 0 amide bonds. The summed E-state index contributed by atoms with van der Waals surface area (Å²) in [5, 5.41) is 6.81. The van der Waals surface area contributed by atoms with Gasteiger partial charge in [-0.3, -0.25) is 4.90 Å². The Labute approximate surface area is 232 Å². The first kappa shape index (κ1) is 25.4. The van der Waals surface area contributed by atoms with Gasteiger partial charge in [0.25, 0.3) is 0 Å². The maximum absolute atomic E-state index is 12.9. The fourth-order valence-corrected chi connectivity index (χ4v) is 5.64. The Morgan fingerprint density at radius 3 is 2.51 bits per heavy atom. The Hall–Kier alpha value is -3.28. The second kappa shape index (κ2) is 10.6. The summed E-state index contributed by atoms with van der Waals surface area (Å²) >= 11 is 2.13. The van der Waals surface area contributed by atoms with Gasteiger partial charge in [0.05, 0.1) is 10.8 Å². The lowest BCUT2D eigenvalue weighted by atomic mass is 9.93. The highest BCUT2D eigenvalue weighted by atomic mass is 127. The summed E-state index contributed by atoms with van der Waals surface area (Å²) in [6.45, 7) is 2.90. The van der Waals surface area contributed by atoms with E-state index in [1.165, 1.54) is 17.5 Å². The topological polar surface area (TPSA) is 103 Å². The number of hydrogen-bond acceptors (Lipinski definition) is 7. The quantitative estimate of drug-likeness (QED) is 0.278. The summed E-state index contributed by atoms with van der Waals surface area (Å²) < 4.78 is 8.38. The molecular weight excluding hydrogens is 603 g/mol. The lowest BCUT2D eigenvalue weighted by Crippen LogP contribution is -2.28. The van der Waals surface area contributed by atoms with Crippen molar-refractivity contribution in [3.05, 3.63) is 98.0 Å². The number of aromatic nitrogens is 4. The SMILES string of the molecule is Cl.Nc1ncnc2c1c(I)nn2Cc1oc(=O)c2ccccc2c1C1=CCN(Cc2ccccc2)CC1. The Kier molecular flexibility index (Phi) is 7.27. The first-order valence-corrected chi connectivity index (χ1v) is 12.8. The van der Waals surface area contributed by atoms with Crippen LogP contribution in [-0.4, -0.2) is 37.7 Å². The van der Waals surface area contributed by atoms with Crippen LogP contribution in [0.15, 0.2) is 76.2 Å². The molecule has 1 aliphatic heterocycles. The molecule has 188 valence electrons. The van der Waals surface area contributed by atoms with E-state index in [1.54, 1.807) is 4.68 Å². The minimum Gasteiger partial charge on any atom is -0.425 e. The maximum Gasteiger partial charge on any atom is 0.343 e. The normalized spacial score (nSPS) is 14.0. The highest BCUT2D eigenvalue weighted by molar-refractivity contribution is 14.1. The van der Waals surface area contributed by atoms with Crippen LogP contribution in [0.4, 0.5) is 5.82 Å². The third kappa shape index (κ3) is 4.86. The zero-order chi connectivity index (χ0) is 24.6. The summed E-state index contributed by atoms with van der Waals surface area (Å²) in [7, 11) is 0. The molecule has 0 spiro atoms. The molecule has 5 aromatic rings. The molecule has 37 heavy (non-hydrogen) atoms. The number of nitrogen functional groups attached to an aromatic ring is 1. The average molecular weight is 627 g/mol. The van der Waals surface area contributed by atoms with Crippen LogP contribution in [0.1, 0.15) is 23.3 Å². The molecular formula is C27H24ClIN6O2. The standard InChI is InChI=1S/C27H23IN6O2.ClH/c28-24-23-25(29)30-16-31-26(23)34(32-24)15-21-22(19-8-4-5-9-20(19)27(35)36-21)18-10-12-33(13-11-18)14-17-6-2-1-3-7-17;/h1-10,16H,11-15H2,(H2,29,30,31);1H. The van der Waals surface area contributed by atoms with Crippen LogP contribution in [0, 0.1) is 3.70 Å². The van der Waals surface area contributed by atoms with E-state index in [0.717, 1.165) is 37.0 Å². The molecule has 10 heteroatoms. The van der Waals surface area contributed by atoms with E-state index in [0.29, 0.717) is 31.7 Å². The van der Waals surface area contributed by atoms with E-state index in [9.17, 15) is 4.79 Å². The van der Waals surface area contributed by atoms with Crippen LogP contribution in [0.25, 0.3) is 27.4 Å². The Bertz CT molecular complexity index is 1680. The third-order valence-electron chi connectivity index (χ3n) is 6.58. The molecule has 0 aliphatic carbocycles. The van der Waals surface area contributed by atoms with Crippen LogP contribution >= 0.6 is 35.0 Å². The molecule has 0 fully saturated rings. The van der Waals surface area contributed by atoms with E-state index in [1.807, 2.05) is 30.3 Å². The fraction of sp³-hybridized carbons (Fsp3) is 0.185. The van der Waals surface area contributed by atoms with Gasteiger partial charge in [0.15, 0.2) is 5.65 Å². The van der Waals surface area contributed by atoms with Crippen molar-refractivity contribution in [1.82, 2.24) is 24.6 Å². The van der Waals surface area contributed by atoms with Gasteiger partial charge in [0.1, 0.15) is 28.2 Å². The van der Waals surface area contributed by atoms with Crippen LogP contribution in [0.5, 0.6) is 0 Å². The van der Waals surface area contributed by atoms with Crippen molar-refractivity contribution >= 4 is 68.2 Å². The van der Waals surface area contributed by atoms with Crippen LogP contribution in [0.2, 0.25) is 0 Å². The van der Waals surface area contributed by atoms with Gasteiger partial charge in [0.2, 0.25) is 0 Å². The lowest BCUT2D eigenvalue weighted by molar-refractivity contribution is 0.293. The number of benzene rings is 2. The molecule has 8 nitrogen and oxygen atoms in total. The number of anilines is 1. The second-order valence-corrected chi connectivity index (χ2v) is 9.86. The largest absolute Gasteiger partial charge is 0.425 e. The summed E-state index contributed by atoms with van der Waals surface area (Å²) in [6.07, 6.45) is 4.53. The molecule has 4 heterocycles. The molecule has 3 aromatic heterocycles. The third-order valence-corrected chi connectivity index (χ3v) is 7.34. The summed E-state index contributed by atoms with van der Waals surface area (Å²) in [5.74, 6) is 0.948. The summed E-state index contributed by atoms with van der Waals surface area (Å²) in [6, 6.07) is 18.1. The number of fused-ring (bicyclic) bond motifs is 2. The predicted molar refractivity (Wildman–Crippen MR) is 156 cm³/mol. The van der Waals surface area contributed by atoms with Crippen LogP contribution in [-0.2, 0) is 13.1 Å². The zero-order valence-corrected chi connectivity index (χ0v) is 22.8. The van der Waals surface area contributed by atoms with Crippen molar-refractivity contribution in [2.24, 2.45) is 0 Å². The van der Waals surface area contributed by atoms with E-state index >= 15 is 0 Å². The highest BCUT2D eigenvalue weighted by Crippen LogP contribution is 2.33. The van der Waals surface area contributed by atoms with E-state index in [4.69, 9.17) is 10.2 Å². The Balaban J connectivity index is 0.00000280. The van der Waals surface area contributed by atoms with Crippen molar-refractivity contribution in [1.29, 1.82) is 0 Å². The molecule has 1 aliphatic rings. The van der Waals surface area contributed by atoms with Gasteiger partial charge >= 0.3 is 5.63 Å².